The summed E-state index contributed by atoms with van der Waals surface area (Å²) in [5, 5.41) is 19.4. The summed E-state index contributed by atoms with van der Waals surface area (Å²) in [6.45, 7) is 5.73. The second-order valence-electron chi connectivity index (χ2n) is 7.20. The SMILES string of the molecule is COc1ccc(/C=C/c2c([N+](=O)[O-])c(=O)n(C)c(=N)n2C)cc1OC(C)(C)C. The lowest BCUT2D eigenvalue weighted by Crippen LogP contribution is -2.39. The maximum Gasteiger partial charge on any atom is 0.357 e. The second-order valence-corrected chi connectivity index (χ2v) is 7.20. The fraction of sp³-hybridized carbons (Fsp3) is 0.368. The molecular weight excluding hydrogens is 364 g/mol. The van der Waals surface area contributed by atoms with Crippen molar-refractivity contribution in [1.82, 2.24) is 9.13 Å². The number of ether oxygens (including phenoxy) is 2. The first-order valence-electron chi connectivity index (χ1n) is 8.50. The van der Waals surface area contributed by atoms with Crippen molar-refractivity contribution in [2.75, 3.05) is 7.11 Å². The number of hydrogen-bond acceptors (Lipinski definition) is 6. The zero-order chi connectivity index (χ0) is 21.2. The number of hydrogen-bond donors (Lipinski definition) is 1. The molecule has 0 aliphatic rings. The first-order valence-corrected chi connectivity index (χ1v) is 8.50. The van der Waals surface area contributed by atoms with Gasteiger partial charge in [0.15, 0.2) is 11.5 Å². The quantitative estimate of drug-likeness (QED) is 0.624. The van der Waals surface area contributed by atoms with Gasteiger partial charge in [-0.15, -0.1) is 0 Å². The van der Waals surface area contributed by atoms with Crippen LogP contribution in [0.1, 0.15) is 32.0 Å². The van der Waals surface area contributed by atoms with Crippen LogP contribution in [0.15, 0.2) is 23.0 Å². The van der Waals surface area contributed by atoms with Gasteiger partial charge in [0.2, 0.25) is 5.62 Å². The van der Waals surface area contributed by atoms with Gasteiger partial charge in [0.1, 0.15) is 11.3 Å². The molecule has 0 aliphatic heterocycles. The summed E-state index contributed by atoms with van der Waals surface area (Å²) in [6.07, 6.45) is 3.07. The molecule has 0 radical (unpaired) electrons. The van der Waals surface area contributed by atoms with Crippen LogP contribution in [0.5, 0.6) is 11.5 Å². The van der Waals surface area contributed by atoms with E-state index in [1.54, 1.807) is 31.4 Å². The first-order chi connectivity index (χ1) is 13.0. The molecular formula is C19H24N4O5. The van der Waals surface area contributed by atoms with Crippen LogP contribution >= 0.6 is 0 Å². The van der Waals surface area contributed by atoms with Crippen molar-refractivity contribution in [2.45, 2.75) is 26.4 Å². The minimum absolute atomic E-state index is 0.0345. The third kappa shape index (κ3) is 4.30. The third-order valence-corrected chi connectivity index (χ3v) is 3.97. The van der Waals surface area contributed by atoms with Crippen molar-refractivity contribution in [3.8, 4) is 11.5 Å². The molecule has 0 spiro atoms. The number of aromatic nitrogens is 2. The van der Waals surface area contributed by atoms with Gasteiger partial charge in [-0.1, -0.05) is 12.1 Å². The highest BCUT2D eigenvalue weighted by atomic mass is 16.6. The standard InChI is InChI=1S/C19H24N4O5/c1-19(2,3)28-15-11-12(8-10-14(15)27-6)7-9-13-16(23(25)26)17(24)22(5)18(20)21(13)4/h7-11,20H,1-6H3/b9-7+,20-18?. The van der Waals surface area contributed by atoms with E-state index >= 15 is 0 Å². The highest BCUT2D eigenvalue weighted by Crippen LogP contribution is 2.31. The van der Waals surface area contributed by atoms with Crippen LogP contribution in [0.25, 0.3) is 12.2 Å². The highest BCUT2D eigenvalue weighted by molar-refractivity contribution is 5.73. The lowest BCUT2D eigenvalue weighted by Gasteiger charge is -2.23. The Morgan fingerprint density at radius 3 is 2.32 bits per heavy atom. The first kappa shape index (κ1) is 20.9. The van der Waals surface area contributed by atoms with Gasteiger partial charge in [-0.25, -0.2) is 0 Å². The van der Waals surface area contributed by atoms with Crippen LogP contribution in [0.3, 0.4) is 0 Å². The number of benzene rings is 1. The molecule has 1 heterocycles. The predicted octanol–water partition coefficient (Wildman–Crippen LogP) is 2.47. The van der Waals surface area contributed by atoms with Crippen LogP contribution in [0.2, 0.25) is 0 Å². The average molecular weight is 388 g/mol. The lowest BCUT2D eigenvalue weighted by atomic mass is 10.1. The molecule has 9 nitrogen and oxygen atoms in total. The Bertz CT molecular complexity index is 1060. The minimum Gasteiger partial charge on any atom is -0.493 e. The zero-order valence-electron chi connectivity index (χ0n) is 16.8. The van der Waals surface area contributed by atoms with E-state index < -0.39 is 21.8 Å². The normalized spacial score (nSPS) is 11.6. The predicted molar refractivity (Wildman–Crippen MR) is 105 cm³/mol. The monoisotopic (exact) mass is 388 g/mol. The summed E-state index contributed by atoms with van der Waals surface area (Å²) in [4.78, 5) is 22.9. The summed E-state index contributed by atoms with van der Waals surface area (Å²) < 4.78 is 13.4. The summed E-state index contributed by atoms with van der Waals surface area (Å²) >= 11 is 0. The van der Waals surface area contributed by atoms with Crippen LogP contribution in [0.4, 0.5) is 5.69 Å². The molecule has 0 amide bonds. The molecule has 1 N–H and O–H groups in total. The topological polar surface area (TPSA) is 112 Å². The Hall–Kier alpha value is -3.36. The maximum atomic E-state index is 12.2. The number of nitrogens with one attached hydrogen (secondary N) is 1. The number of nitrogens with zero attached hydrogens (tertiary/aromatic N) is 3. The molecule has 0 saturated heterocycles. The zero-order valence-corrected chi connectivity index (χ0v) is 16.8. The van der Waals surface area contributed by atoms with E-state index in [9.17, 15) is 14.9 Å². The number of nitro groups is 1. The van der Waals surface area contributed by atoms with E-state index in [0.717, 1.165) is 4.57 Å². The summed E-state index contributed by atoms with van der Waals surface area (Å²) in [7, 11) is 4.36. The molecule has 1 aromatic heterocycles. The van der Waals surface area contributed by atoms with E-state index in [2.05, 4.69) is 0 Å². The van der Waals surface area contributed by atoms with Gasteiger partial charge in [-0.3, -0.25) is 24.9 Å². The van der Waals surface area contributed by atoms with Gasteiger partial charge in [0, 0.05) is 14.1 Å². The molecule has 1 aromatic carbocycles. The Kier molecular flexibility index (Phi) is 5.77. The molecule has 28 heavy (non-hydrogen) atoms. The molecule has 0 aliphatic carbocycles. The van der Waals surface area contributed by atoms with Crippen molar-refractivity contribution in [3.63, 3.8) is 0 Å². The molecule has 0 fully saturated rings. The Morgan fingerprint density at radius 2 is 1.79 bits per heavy atom. The smallest absolute Gasteiger partial charge is 0.357 e. The Morgan fingerprint density at radius 1 is 1.14 bits per heavy atom. The maximum absolute atomic E-state index is 12.2. The Labute approximate surface area is 162 Å². The van der Waals surface area contributed by atoms with Crippen LogP contribution in [-0.4, -0.2) is 26.8 Å². The van der Waals surface area contributed by atoms with Gasteiger partial charge < -0.3 is 14.0 Å². The van der Waals surface area contributed by atoms with Gasteiger partial charge in [-0.2, -0.15) is 0 Å². The van der Waals surface area contributed by atoms with Gasteiger partial charge in [-0.05, 0) is 44.5 Å². The third-order valence-electron chi connectivity index (χ3n) is 3.97. The van der Waals surface area contributed by atoms with E-state index in [4.69, 9.17) is 14.9 Å². The van der Waals surface area contributed by atoms with Gasteiger partial charge >= 0.3 is 11.2 Å². The molecule has 9 heteroatoms. The molecule has 150 valence electrons. The van der Waals surface area contributed by atoms with Crippen molar-refractivity contribution in [2.24, 2.45) is 14.1 Å². The van der Waals surface area contributed by atoms with E-state index in [-0.39, 0.29) is 11.3 Å². The molecule has 0 atom stereocenters. The van der Waals surface area contributed by atoms with Crippen molar-refractivity contribution in [1.29, 1.82) is 5.41 Å². The average Bonchev–Trinajstić information content (AvgIpc) is 2.60. The van der Waals surface area contributed by atoms with Crippen molar-refractivity contribution < 1.29 is 14.4 Å². The minimum atomic E-state index is -0.834. The van der Waals surface area contributed by atoms with Crippen molar-refractivity contribution >= 4 is 17.8 Å². The number of methoxy groups -OCH3 is 1. The largest absolute Gasteiger partial charge is 0.493 e. The van der Waals surface area contributed by atoms with E-state index in [0.29, 0.717) is 17.1 Å². The number of rotatable bonds is 5. The van der Waals surface area contributed by atoms with E-state index in [1.165, 1.54) is 24.7 Å². The Balaban J connectivity index is 2.58. The fourth-order valence-electron chi connectivity index (χ4n) is 2.61. The van der Waals surface area contributed by atoms with Crippen LogP contribution in [-0.2, 0) is 14.1 Å². The molecule has 0 bridgehead atoms. The highest BCUT2D eigenvalue weighted by Gasteiger charge is 2.22. The molecule has 2 rings (SSSR count). The molecule has 0 saturated carbocycles. The van der Waals surface area contributed by atoms with Crippen LogP contribution < -0.4 is 20.7 Å². The van der Waals surface area contributed by atoms with Crippen molar-refractivity contribution in [3.05, 3.63) is 55.5 Å². The lowest BCUT2D eigenvalue weighted by molar-refractivity contribution is -0.387. The van der Waals surface area contributed by atoms with Gasteiger partial charge in [0.25, 0.3) is 0 Å². The van der Waals surface area contributed by atoms with E-state index in [1.807, 2.05) is 20.8 Å². The fourth-order valence-corrected chi connectivity index (χ4v) is 2.61. The molecule has 2 aromatic rings. The van der Waals surface area contributed by atoms with Gasteiger partial charge in [0.05, 0.1) is 12.0 Å². The summed E-state index contributed by atoms with van der Waals surface area (Å²) in [6, 6.07) is 5.24. The molecule has 0 unspecified atom stereocenters. The van der Waals surface area contributed by atoms with Crippen LogP contribution in [0, 0.1) is 15.5 Å². The second kappa shape index (κ2) is 7.71. The summed E-state index contributed by atoms with van der Waals surface area (Å²) in [5.41, 5.74) is -1.28. The summed E-state index contributed by atoms with van der Waals surface area (Å²) in [5.74, 6) is 1.09.